The van der Waals surface area contributed by atoms with Crippen molar-refractivity contribution in [2.75, 3.05) is 62.0 Å². The number of aromatic nitrogens is 2. The minimum Gasteiger partial charge on any atom is -0.494 e. The molecular formula is C25H34N6O. The van der Waals surface area contributed by atoms with Gasteiger partial charge in [0, 0.05) is 62.3 Å². The number of rotatable bonds is 5. The Bertz CT molecular complexity index is 963. The van der Waals surface area contributed by atoms with Crippen LogP contribution in [0.15, 0.2) is 30.5 Å². The summed E-state index contributed by atoms with van der Waals surface area (Å²) in [6, 6.07) is 6.93. The Morgan fingerprint density at radius 1 is 1.06 bits per heavy atom. The summed E-state index contributed by atoms with van der Waals surface area (Å²) in [5, 5.41) is 3.41. The molecule has 2 aromatic rings. The van der Waals surface area contributed by atoms with Crippen molar-refractivity contribution in [3.8, 4) is 5.75 Å². The SMILES string of the molecule is COc1cc(N2CCN(C)CC2)ccc1Nc1ncc2c(n1)N(C1CCCCC1)CC=C2. The minimum absolute atomic E-state index is 0.576. The van der Waals surface area contributed by atoms with Gasteiger partial charge in [-0.1, -0.05) is 31.4 Å². The molecule has 0 amide bonds. The molecule has 0 bridgehead atoms. The van der Waals surface area contributed by atoms with Crippen molar-refractivity contribution in [3.63, 3.8) is 0 Å². The number of piperazine rings is 1. The third-order valence-corrected chi connectivity index (χ3v) is 6.98. The van der Waals surface area contributed by atoms with E-state index < -0.39 is 0 Å². The quantitative estimate of drug-likeness (QED) is 0.759. The molecule has 1 saturated heterocycles. The van der Waals surface area contributed by atoms with Gasteiger partial charge in [-0.15, -0.1) is 0 Å². The number of fused-ring (bicyclic) bond motifs is 1. The summed E-state index contributed by atoms with van der Waals surface area (Å²) in [5.74, 6) is 2.47. The normalized spacial score (nSPS) is 19.7. The second-order valence-electron chi connectivity index (χ2n) is 9.12. The molecule has 0 spiro atoms. The molecule has 3 aliphatic rings. The van der Waals surface area contributed by atoms with E-state index in [1.807, 2.05) is 6.20 Å². The number of nitrogens with zero attached hydrogens (tertiary/aromatic N) is 5. The van der Waals surface area contributed by atoms with Gasteiger partial charge in [0.1, 0.15) is 11.6 Å². The summed E-state index contributed by atoms with van der Waals surface area (Å²) in [6.07, 6.45) is 12.8. The molecule has 7 nitrogen and oxygen atoms in total. The van der Waals surface area contributed by atoms with Crippen LogP contribution in [0.2, 0.25) is 0 Å². The summed E-state index contributed by atoms with van der Waals surface area (Å²) in [4.78, 5) is 16.8. The van der Waals surface area contributed by atoms with Crippen LogP contribution in [0, 0.1) is 0 Å². The van der Waals surface area contributed by atoms with Gasteiger partial charge in [0.05, 0.1) is 12.8 Å². The van der Waals surface area contributed by atoms with E-state index in [0.29, 0.717) is 12.0 Å². The standard InChI is InChI=1S/C25H34N6O/c1-29-13-15-30(16-14-29)21-10-11-22(23(17-21)32-2)27-25-26-18-19-7-6-12-31(24(19)28-25)20-8-4-3-5-9-20/h6-7,10-11,17-18,20H,3-5,8-9,12-16H2,1-2H3,(H,26,27,28). The zero-order valence-corrected chi connectivity index (χ0v) is 19.3. The zero-order valence-electron chi connectivity index (χ0n) is 19.3. The van der Waals surface area contributed by atoms with Gasteiger partial charge in [-0.05, 0) is 32.0 Å². The predicted molar refractivity (Wildman–Crippen MR) is 131 cm³/mol. The number of benzene rings is 1. The predicted octanol–water partition coefficient (Wildman–Crippen LogP) is 4.15. The first-order valence-electron chi connectivity index (χ1n) is 11.9. The monoisotopic (exact) mass is 434 g/mol. The second-order valence-corrected chi connectivity index (χ2v) is 9.12. The Morgan fingerprint density at radius 2 is 1.88 bits per heavy atom. The maximum Gasteiger partial charge on any atom is 0.229 e. The van der Waals surface area contributed by atoms with Gasteiger partial charge < -0.3 is 24.8 Å². The fraction of sp³-hybridized carbons (Fsp3) is 0.520. The molecule has 1 aliphatic carbocycles. The van der Waals surface area contributed by atoms with Gasteiger partial charge in [-0.25, -0.2) is 4.98 Å². The number of ether oxygens (including phenoxy) is 1. The zero-order chi connectivity index (χ0) is 21.9. The van der Waals surface area contributed by atoms with Crippen molar-refractivity contribution in [2.24, 2.45) is 0 Å². The number of anilines is 4. The van der Waals surface area contributed by atoms with Crippen LogP contribution in [-0.4, -0.2) is 67.8 Å². The minimum atomic E-state index is 0.576. The van der Waals surface area contributed by atoms with Gasteiger partial charge >= 0.3 is 0 Å². The van der Waals surface area contributed by atoms with Crippen LogP contribution in [-0.2, 0) is 0 Å². The van der Waals surface area contributed by atoms with E-state index in [4.69, 9.17) is 9.72 Å². The highest BCUT2D eigenvalue weighted by Gasteiger charge is 2.26. The van der Waals surface area contributed by atoms with E-state index in [0.717, 1.165) is 55.5 Å². The number of methoxy groups -OCH3 is 1. The molecular weight excluding hydrogens is 400 g/mol. The van der Waals surface area contributed by atoms with E-state index in [9.17, 15) is 0 Å². The van der Waals surface area contributed by atoms with Crippen LogP contribution >= 0.6 is 0 Å². The van der Waals surface area contributed by atoms with E-state index in [-0.39, 0.29) is 0 Å². The van der Waals surface area contributed by atoms with Gasteiger partial charge in [0.15, 0.2) is 0 Å². The summed E-state index contributed by atoms with van der Waals surface area (Å²) in [6.45, 7) is 5.15. The summed E-state index contributed by atoms with van der Waals surface area (Å²) in [5.41, 5.74) is 3.19. The van der Waals surface area contributed by atoms with E-state index in [1.165, 1.54) is 37.8 Å². The highest BCUT2D eigenvalue weighted by molar-refractivity contribution is 5.72. The molecule has 3 heterocycles. The highest BCUT2D eigenvalue weighted by atomic mass is 16.5. The lowest BCUT2D eigenvalue weighted by Crippen LogP contribution is -2.44. The lowest BCUT2D eigenvalue weighted by molar-refractivity contribution is 0.312. The van der Waals surface area contributed by atoms with Crippen LogP contribution in [0.1, 0.15) is 37.7 Å². The Hall–Kier alpha value is -2.80. The van der Waals surface area contributed by atoms with Gasteiger partial charge in [-0.3, -0.25) is 0 Å². The first-order valence-corrected chi connectivity index (χ1v) is 11.9. The molecule has 1 aromatic heterocycles. The maximum absolute atomic E-state index is 5.72. The Morgan fingerprint density at radius 3 is 2.66 bits per heavy atom. The third kappa shape index (κ3) is 4.39. The smallest absolute Gasteiger partial charge is 0.229 e. The summed E-state index contributed by atoms with van der Waals surface area (Å²) < 4.78 is 5.72. The van der Waals surface area contributed by atoms with Crippen molar-refractivity contribution in [1.29, 1.82) is 0 Å². The molecule has 32 heavy (non-hydrogen) atoms. The Kier molecular flexibility index (Phi) is 6.17. The molecule has 170 valence electrons. The number of hydrogen-bond acceptors (Lipinski definition) is 7. The van der Waals surface area contributed by atoms with Crippen molar-refractivity contribution in [2.45, 2.75) is 38.1 Å². The molecule has 1 N–H and O–H groups in total. The van der Waals surface area contributed by atoms with Crippen molar-refractivity contribution < 1.29 is 4.74 Å². The van der Waals surface area contributed by atoms with Crippen LogP contribution in [0.3, 0.4) is 0 Å². The molecule has 2 fully saturated rings. The number of nitrogens with one attached hydrogen (secondary N) is 1. The first kappa shape index (κ1) is 21.1. The second kappa shape index (κ2) is 9.36. The average Bonchev–Trinajstić information content (AvgIpc) is 2.85. The maximum atomic E-state index is 5.72. The summed E-state index contributed by atoms with van der Waals surface area (Å²) >= 11 is 0. The van der Waals surface area contributed by atoms with Gasteiger partial charge in [0.2, 0.25) is 5.95 Å². The highest BCUT2D eigenvalue weighted by Crippen LogP contribution is 2.34. The third-order valence-electron chi connectivity index (χ3n) is 6.98. The fourth-order valence-electron chi connectivity index (χ4n) is 5.05. The van der Waals surface area contributed by atoms with Crippen LogP contribution in [0.5, 0.6) is 5.75 Å². The first-order chi connectivity index (χ1) is 15.7. The molecule has 1 saturated carbocycles. The summed E-state index contributed by atoms with van der Waals surface area (Å²) in [7, 11) is 3.90. The van der Waals surface area contributed by atoms with Gasteiger partial charge in [-0.2, -0.15) is 4.98 Å². The van der Waals surface area contributed by atoms with E-state index in [2.05, 4.69) is 62.4 Å². The van der Waals surface area contributed by atoms with Crippen molar-refractivity contribution >= 4 is 29.2 Å². The lowest BCUT2D eigenvalue weighted by Gasteiger charge is -2.37. The molecule has 2 aliphatic heterocycles. The number of likely N-dealkylation sites (N-methyl/N-ethyl adjacent to an activating group) is 1. The van der Waals surface area contributed by atoms with Gasteiger partial charge in [0.25, 0.3) is 0 Å². The van der Waals surface area contributed by atoms with Crippen LogP contribution in [0.4, 0.5) is 23.1 Å². The van der Waals surface area contributed by atoms with Crippen molar-refractivity contribution in [1.82, 2.24) is 14.9 Å². The molecule has 0 atom stereocenters. The van der Waals surface area contributed by atoms with Crippen molar-refractivity contribution in [3.05, 3.63) is 36.0 Å². The Balaban J connectivity index is 1.36. The molecule has 0 unspecified atom stereocenters. The fourth-order valence-corrected chi connectivity index (χ4v) is 5.05. The molecule has 5 rings (SSSR count). The largest absolute Gasteiger partial charge is 0.494 e. The molecule has 7 heteroatoms. The average molecular weight is 435 g/mol. The molecule has 1 aromatic carbocycles. The molecule has 0 radical (unpaired) electrons. The van der Waals surface area contributed by atoms with Crippen LogP contribution in [0.25, 0.3) is 6.08 Å². The van der Waals surface area contributed by atoms with Crippen LogP contribution < -0.4 is 19.9 Å². The lowest BCUT2D eigenvalue weighted by atomic mass is 9.93. The Labute approximate surface area is 191 Å². The van der Waals surface area contributed by atoms with E-state index in [1.54, 1.807) is 7.11 Å². The topological polar surface area (TPSA) is 56.8 Å². The van der Waals surface area contributed by atoms with E-state index >= 15 is 0 Å². The number of hydrogen-bond donors (Lipinski definition) is 1.